The molecule has 0 saturated heterocycles. The van der Waals surface area contributed by atoms with Crippen LogP contribution in [0.2, 0.25) is 0 Å². The summed E-state index contributed by atoms with van der Waals surface area (Å²) in [5, 5.41) is 9.96. The molecule has 3 rings (SSSR count). The molecule has 1 heterocycles. The van der Waals surface area contributed by atoms with E-state index < -0.39 is 0 Å². The molecule has 3 aromatic rings. The topological polar surface area (TPSA) is 70.7 Å². The highest BCUT2D eigenvalue weighted by atomic mass is 16.1. The lowest BCUT2D eigenvalue weighted by atomic mass is 10.1. The SMILES string of the molecule is CCc1cccc(NC(=O)Cc2n[nH]c(Cc3ccc(C)cc3)n2)c1. The second-order valence-electron chi connectivity index (χ2n) is 6.14. The van der Waals surface area contributed by atoms with Crippen molar-refractivity contribution in [1.82, 2.24) is 15.2 Å². The molecule has 128 valence electrons. The Morgan fingerprint density at radius 1 is 1.12 bits per heavy atom. The van der Waals surface area contributed by atoms with Gasteiger partial charge in [0.05, 0.1) is 6.42 Å². The molecule has 0 radical (unpaired) electrons. The molecule has 2 aromatic carbocycles. The van der Waals surface area contributed by atoms with E-state index in [9.17, 15) is 4.79 Å². The van der Waals surface area contributed by atoms with Crippen LogP contribution in [0.5, 0.6) is 0 Å². The van der Waals surface area contributed by atoms with Crippen LogP contribution in [0.1, 0.15) is 35.3 Å². The smallest absolute Gasteiger partial charge is 0.232 e. The first-order valence-electron chi connectivity index (χ1n) is 8.47. The maximum Gasteiger partial charge on any atom is 0.232 e. The quantitative estimate of drug-likeness (QED) is 0.725. The minimum Gasteiger partial charge on any atom is -0.326 e. The minimum absolute atomic E-state index is 0.117. The molecule has 0 fully saturated rings. The fourth-order valence-corrected chi connectivity index (χ4v) is 2.61. The number of carbonyl (C=O) groups is 1. The molecule has 0 atom stereocenters. The number of nitrogens with zero attached hydrogens (tertiary/aromatic N) is 2. The zero-order valence-electron chi connectivity index (χ0n) is 14.5. The summed E-state index contributed by atoms with van der Waals surface area (Å²) in [4.78, 5) is 16.6. The van der Waals surface area contributed by atoms with Crippen molar-refractivity contribution < 1.29 is 4.79 Å². The lowest BCUT2D eigenvalue weighted by Gasteiger charge is -2.05. The number of H-pyrrole nitrogens is 1. The summed E-state index contributed by atoms with van der Waals surface area (Å²) < 4.78 is 0. The lowest BCUT2D eigenvalue weighted by Crippen LogP contribution is -2.15. The van der Waals surface area contributed by atoms with Gasteiger partial charge in [0.2, 0.25) is 5.91 Å². The van der Waals surface area contributed by atoms with Gasteiger partial charge in [0.1, 0.15) is 5.82 Å². The molecule has 0 aliphatic rings. The molecule has 0 aliphatic heterocycles. The van der Waals surface area contributed by atoms with Crippen LogP contribution in [0.3, 0.4) is 0 Å². The molecule has 0 spiro atoms. The van der Waals surface area contributed by atoms with Crippen molar-refractivity contribution in [2.24, 2.45) is 0 Å². The number of hydrogen-bond acceptors (Lipinski definition) is 3. The van der Waals surface area contributed by atoms with Gasteiger partial charge in [-0.15, -0.1) is 0 Å². The molecular formula is C20H22N4O. The normalized spacial score (nSPS) is 10.6. The van der Waals surface area contributed by atoms with Gasteiger partial charge in [0, 0.05) is 12.1 Å². The Morgan fingerprint density at radius 3 is 2.68 bits per heavy atom. The summed E-state index contributed by atoms with van der Waals surface area (Å²) in [5.74, 6) is 1.15. The average Bonchev–Trinajstić information content (AvgIpc) is 3.04. The second-order valence-corrected chi connectivity index (χ2v) is 6.14. The summed E-state index contributed by atoms with van der Waals surface area (Å²) in [6.07, 6.45) is 1.77. The summed E-state index contributed by atoms with van der Waals surface area (Å²) in [6.45, 7) is 4.15. The van der Waals surface area contributed by atoms with Crippen LogP contribution >= 0.6 is 0 Å². The molecule has 1 amide bonds. The molecule has 5 heteroatoms. The average molecular weight is 334 g/mol. The summed E-state index contributed by atoms with van der Waals surface area (Å²) in [7, 11) is 0. The summed E-state index contributed by atoms with van der Waals surface area (Å²) in [5.41, 5.74) is 4.38. The fourth-order valence-electron chi connectivity index (χ4n) is 2.61. The lowest BCUT2D eigenvalue weighted by molar-refractivity contribution is -0.115. The highest BCUT2D eigenvalue weighted by Crippen LogP contribution is 2.12. The van der Waals surface area contributed by atoms with Crippen LogP contribution in [-0.4, -0.2) is 21.1 Å². The van der Waals surface area contributed by atoms with E-state index in [-0.39, 0.29) is 12.3 Å². The molecule has 0 bridgehead atoms. The first-order chi connectivity index (χ1) is 12.1. The number of hydrogen-bond donors (Lipinski definition) is 2. The van der Waals surface area contributed by atoms with Gasteiger partial charge in [-0.2, -0.15) is 5.10 Å². The zero-order chi connectivity index (χ0) is 17.6. The monoisotopic (exact) mass is 334 g/mol. The predicted octanol–water partition coefficient (Wildman–Crippen LogP) is 3.45. The third-order valence-corrected chi connectivity index (χ3v) is 4.01. The van der Waals surface area contributed by atoms with E-state index in [1.807, 2.05) is 24.3 Å². The van der Waals surface area contributed by atoms with Gasteiger partial charge in [0.15, 0.2) is 5.82 Å². The Kier molecular flexibility index (Phi) is 5.23. The first kappa shape index (κ1) is 16.9. The number of aromatic amines is 1. The van der Waals surface area contributed by atoms with E-state index in [4.69, 9.17) is 0 Å². The van der Waals surface area contributed by atoms with E-state index in [0.29, 0.717) is 12.2 Å². The van der Waals surface area contributed by atoms with E-state index >= 15 is 0 Å². The highest BCUT2D eigenvalue weighted by Gasteiger charge is 2.10. The van der Waals surface area contributed by atoms with Crippen LogP contribution in [0.25, 0.3) is 0 Å². The minimum atomic E-state index is -0.117. The van der Waals surface area contributed by atoms with Crippen LogP contribution in [0, 0.1) is 6.92 Å². The first-order valence-corrected chi connectivity index (χ1v) is 8.47. The number of nitrogens with one attached hydrogen (secondary N) is 2. The number of rotatable bonds is 6. The van der Waals surface area contributed by atoms with Crippen LogP contribution in [-0.2, 0) is 24.1 Å². The summed E-state index contributed by atoms with van der Waals surface area (Å²) in [6, 6.07) is 16.2. The number of carbonyl (C=O) groups excluding carboxylic acids is 1. The number of benzene rings is 2. The van der Waals surface area contributed by atoms with Crippen molar-refractivity contribution in [1.29, 1.82) is 0 Å². The maximum atomic E-state index is 12.2. The van der Waals surface area contributed by atoms with Crippen LogP contribution in [0.15, 0.2) is 48.5 Å². The predicted molar refractivity (Wildman–Crippen MR) is 98.5 cm³/mol. The number of amides is 1. The Hall–Kier alpha value is -2.95. The van der Waals surface area contributed by atoms with E-state index in [1.165, 1.54) is 11.1 Å². The van der Waals surface area contributed by atoms with Gasteiger partial charge >= 0.3 is 0 Å². The third kappa shape index (κ3) is 4.76. The van der Waals surface area contributed by atoms with Gasteiger partial charge in [0.25, 0.3) is 0 Å². The molecule has 0 aliphatic carbocycles. The number of aryl methyl sites for hydroxylation is 2. The van der Waals surface area contributed by atoms with E-state index in [2.05, 4.69) is 58.6 Å². The third-order valence-electron chi connectivity index (χ3n) is 4.01. The van der Waals surface area contributed by atoms with E-state index in [1.54, 1.807) is 0 Å². The van der Waals surface area contributed by atoms with Gasteiger partial charge in [-0.25, -0.2) is 4.98 Å². The molecule has 2 N–H and O–H groups in total. The summed E-state index contributed by atoms with van der Waals surface area (Å²) >= 11 is 0. The Morgan fingerprint density at radius 2 is 1.92 bits per heavy atom. The van der Waals surface area contributed by atoms with Gasteiger partial charge in [-0.3, -0.25) is 9.89 Å². The van der Waals surface area contributed by atoms with Crippen LogP contribution < -0.4 is 5.32 Å². The molecule has 0 saturated carbocycles. The van der Waals surface area contributed by atoms with Crippen molar-refractivity contribution in [2.45, 2.75) is 33.1 Å². The Bertz CT molecular complexity index is 852. The highest BCUT2D eigenvalue weighted by molar-refractivity contribution is 5.91. The van der Waals surface area contributed by atoms with Gasteiger partial charge in [-0.1, -0.05) is 48.9 Å². The Labute approximate surface area is 147 Å². The van der Waals surface area contributed by atoms with Crippen LogP contribution in [0.4, 0.5) is 5.69 Å². The molecule has 25 heavy (non-hydrogen) atoms. The number of aromatic nitrogens is 3. The molecular weight excluding hydrogens is 312 g/mol. The van der Waals surface area contributed by atoms with Crippen molar-refractivity contribution in [3.63, 3.8) is 0 Å². The largest absolute Gasteiger partial charge is 0.326 e. The number of anilines is 1. The second kappa shape index (κ2) is 7.75. The van der Waals surface area contributed by atoms with E-state index in [0.717, 1.165) is 23.5 Å². The van der Waals surface area contributed by atoms with Crippen molar-refractivity contribution >= 4 is 11.6 Å². The standard InChI is InChI=1S/C20H22N4O/c1-3-15-5-4-6-17(11-15)21-20(25)13-19-22-18(23-24-19)12-16-9-7-14(2)8-10-16/h4-11H,3,12-13H2,1-2H3,(H,21,25)(H,22,23,24). The molecule has 0 unspecified atom stereocenters. The molecule has 5 nitrogen and oxygen atoms in total. The molecule has 1 aromatic heterocycles. The maximum absolute atomic E-state index is 12.2. The fraction of sp³-hybridized carbons (Fsp3) is 0.250. The van der Waals surface area contributed by atoms with Gasteiger partial charge in [-0.05, 0) is 36.6 Å². The van der Waals surface area contributed by atoms with Crippen molar-refractivity contribution in [3.8, 4) is 0 Å². The van der Waals surface area contributed by atoms with Crippen molar-refractivity contribution in [3.05, 3.63) is 76.9 Å². The van der Waals surface area contributed by atoms with Gasteiger partial charge < -0.3 is 5.32 Å². The van der Waals surface area contributed by atoms with Crippen molar-refractivity contribution in [2.75, 3.05) is 5.32 Å². The zero-order valence-corrected chi connectivity index (χ0v) is 14.5. The Balaban J connectivity index is 1.58.